The van der Waals surface area contributed by atoms with E-state index in [9.17, 15) is 8.42 Å². The van der Waals surface area contributed by atoms with E-state index in [2.05, 4.69) is 5.10 Å². The quantitative estimate of drug-likeness (QED) is 0.902. The molecule has 0 saturated heterocycles. The Balaban J connectivity index is 2.22. The summed E-state index contributed by atoms with van der Waals surface area (Å²) in [5.74, 6) is 0.0303. The predicted octanol–water partition coefficient (Wildman–Crippen LogP) is 1.32. The van der Waals surface area contributed by atoms with E-state index in [0.29, 0.717) is 6.42 Å². The third kappa shape index (κ3) is 2.87. The lowest BCUT2D eigenvalue weighted by atomic mass is 10.2. The summed E-state index contributed by atoms with van der Waals surface area (Å²) in [6.45, 7) is 1.88. The van der Waals surface area contributed by atoms with Gasteiger partial charge in [-0.2, -0.15) is 9.40 Å². The first-order valence-corrected chi connectivity index (χ1v) is 8.44. The number of hydrogen-bond acceptors (Lipinski definition) is 5. The topological polar surface area (TPSA) is 81.2 Å². The first-order chi connectivity index (χ1) is 9.32. The molecule has 0 amide bonds. The van der Waals surface area contributed by atoms with E-state index >= 15 is 0 Å². The fraction of sp³-hybridized carbons (Fsp3) is 0.417. The minimum absolute atomic E-state index is 0.0303. The Morgan fingerprint density at radius 1 is 1.55 bits per heavy atom. The van der Waals surface area contributed by atoms with Crippen LogP contribution in [0.15, 0.2) is 28.6 Å². The number of nitrogens with zero attached hydrogens (tertiary/aromatic N) is 3. The number of rotatable bonds is 5. The normalized spacial score (nSPS) is 13.8. The van der Waals surface area contributed by atoms with Crippen molar-refractivity contribution in [2.45, 2.75) is 24.3 Å². The molecule has 0 aliphatic heterocycles. The van der Waals surface area contributed by atoms with Gasteiger partial charge in [0.2, 0.25) is 10.0 Å². The molecule has 0 aliphatic carbocycles. The molecule has 2 aromatic heterocycles. The van der Waals surface area contributed by atoms with Crippen LogP contribution in [-0.4, -0.2) is 35.6 Å². The van der Waals surface area contributed by atoms with Gasteiger partial charge in [0.25, 0.3) is 0 Å². The van der Waals surface area contributed by atoms with Gasteiger partial charge in [-0.1, -0.05) is 6.07 Å². The van der Waals surface area contributed by atoms with Crippen molar-refractivity contribution < 1.29 is 8.42 Å². The van der Waals surface area contributed by atoms with Crippen LogP contribution in [0.3, 0.4) is 0 Å². The van der Waals surface area contributed by atoms with E-state index < -0.39 is 10.0 Å². The number of aromatic nitrogens is 2. The smallest absolute Gasteiger partial charge is 0.248 e. The van der Waals surface area contributed by atoms with Crippen LogP contribution in [0.1, 0.15) is 11.8 Å². The number of anilines is 1. The highest BCUT2D eigenvalue weighted by atomic mass is 32.2. The van der Waals surface area contributed by atoms with Gasteiger partial charge in [-0.05, 0) is 24.8 Å². The van der Waals surface area contributed by atoms with Crippen LogP contribution in [-0.2, 0) is 23.5 Å². The second-order valence-corrected chi connectivity index (χ2v) is 7.70. The molecule has 0 aromatic carbocycles. The highest BCUT2D eigenvalue weighted by Crippen LogP contribution is 2.23. The fourth-order valence-corrected chi connectivity index (χ4v) is 4.20. The molecule has 110 valence electrons. The first kappa shape index (κ1) is 15.0. The van der Waals surface area contributed by atoms with E-state index in [-0.39, 0.29) is 16.8 Å². The maximum absolute atomic E-state index is 12.5. The van der Waals surface area contributed by atoms with Gasteiger partial charge in [0.1, 0.15) is 4.90 Å². The molecule has 20 heavy (non-hydrogen) atoms. The maximum atomic E-state index is 12.5. The third-order valence-corrected chi connectivity index (χ3v) is 6.06. The molecule has 8 heteroatoms. The second kappa shape index (κ2) is 5.55. The minimum atomic E-state index is -3.62. The Morgan fingerprint density at radius 2 is 2.25 bits per heavy atom. The van der Waals surface area contributed by atoms with Gasteiger partial charge in [-0.25, -0.2) is 8.42 Å². The summed E-state index contributed by atoms with van der Waals surface area (Å²) in [5.41, 5.74) is 5.67. The van der Waals surface area contributed by atoms with Crippen LogP contribution in [0.2, 0.25) is 0 Å². The number of hydrogen-bond donors (Lipinski definition) is 1. The Hall–Kier alpha value is -1.38. The van der Waals surface area contributed by atoms with Crippen LogP contribution in [0.5, 0.6) is 0 Å². The van der Waals surface area contributed by atoms with E-state index in [0.717, 1.165) is 4.88 Å². The van der Waals surface area contributed by atoms with Gasteiger partial charge in [-0.3, -0.25) is 4.68 Å². The van der Waals surface area contributed by atoms with Gasteiger partial charge in [0.05, 0.1) is 0 Å². The van der Waals surface area contributed by atoms with Crippen LogP contribution >= 0.6 is 11.3 Å². The Labute approximate surface area is 122 Å². The van der Waals surface area contributed by atoms with Crippen molar-refractivity contribution in [1.82, 2.24) is 14.1 Å². The summed E-state index contributed by atoms with van der Waals surface area (Å²) >= 11 is 1.62. The van der Waals surface area contributed by atoms with Crippen LogP contribution < -0.4 is 5.73 Å². The van der Waals surface area contributed by atoms with E-state index in [1.54, 1.807) is 25.4 Å². The lowest BCUT2D eigenvalue weighted by Gasteiger charge is -2.23. The Morgan fingerprint density at radius 3 is 2.75 bits per heavy atom. The predicted molar refractivity (Wildman–Crippen MR) is 80.1 cm³/mol. The average Bonchev–Trinajstić information content (AvgIpc) is 2.98. The van der Waals surface area contributed by atoms with Crippen LogP contribution in [0.25, 0.3) is 0 Å². The molecule has 0 spiro atoms. The van der Waals surface area contributed by atoms with Crippen LogP contribution in [0.4, 0.5) is 5.82 Å². The minimum Gasteiger partial charge on any atom is -0.381 e. The molecular formula is C12H18N4O2S2. The van der Waals surface area contributed by atoms with Crippen molar-refractivity contribution in [3.8, 4) is 0 Å². The van der Waals surface area contributed by atoms with Gasteiger partial charge in [0.15, 0.2) is 5.82 Å². The summed E-state index contributed by atoms with van der Waals surface area (Å²) in [5, 5.41) is 5.87. The van der Waals surface area contributed by atoms with Crippen LogP contribution in [0, 0.1) is 0 Å². The summed E-state index contributed by atoms with van der Waals surface area (Å²) in [6, 6.07) is 3.80. The van der Waals surface area contributed by atoms with E-state index in [1.807, 2.05) is 24.4 Å². The monoisotopic (exact) mass is 314 g/mol. The summed E-state index contributed by atoms with van der Waals surface area (Å²) in [6.07, 6.45) is 2.10. The molecule has 0 bridgehead atoms. The Kier molecular flexibility index (Phi) is 4.17. The van der Waals surface area contributed by atoms with Gasteiger partial charge < -0.3 is 5.73 Å². The standard InChI is InChI=1S/C12H18N4O2S2/c1-9(7-10-5-4-6-19-10)16(3)20(17,18)11-8-15(2)14-12(11)13/h4-6,8-9H,7H2,1-3H3,(H2,13,14). The zero-order chi connectivity index (χ0) is 14.9. The molecule has 2 N–H and O–H groups in total. The molecule has 2 rings (SSSR count). The van der Waals surface area contributed by atoms with Gasteiger partial charge in [-0.15, -0.1) is 11.3 Å². The zero-order valence-corrected chi connectivity index (χ0v) is 13.3. The first-order valence-electron chi connectivity index (χ1n) is 6.12. The van der Waals surface area contributed by atoms with Crippen molar-refractivity contribution in [3.05, 3.63) is 28.6 Å². The Bertz CT molecular complexity index is 676. The highest BCUT2D eigenvalue weighted by Gasteiger charge is 2.29. The molecule has 1 atom stereocenters. The number of sulfonamides is 1. The molecule has 2 aromatic rings. The lowest BCUT2D eigenvalue weighted by molar-refractivity contribution is 0.388. The number of thiophene rings is 1. The SMILES string of the molecule is CC(Cc1cccs1)N(C)S(=O)(=O)c1cn(C)nc1N. The van der Waals surface area contributed by atoms with Crippen molar-refractivity contribution in [2.24, 2.45) is 7.05 Å². The molecule has 6 nitrogen and oxygen atoms in total. The fourth-order valence-electron chi connectivity index (χ4n) is 1.92. The van der Waals surface area contributed by atoms with Gasteiger partial charge >= 0.3 is 0 Å². The number of nitrogens with two attached hydrogens (primary N) is 1. The summed E-state index contributed by atoms with van der Waals surface area (Å²) in [4.78, 5) is 1.21. The van der Waals surface area contributed by atoms with Crippen molar-refractivity contribution in [3.63, 3.8) is 0 Å². The molecule has 2 heterocycles. The highest BCUT2D eigenvalue weighted by molar-refractivity contribution is 7.89. The number of likely N-dealkylation sites (N-methyl/N-ethyl adjacent to an activating group) is 1. The van der Waals surface area contributed by atoms with Gasteiger partial charge in [0, 0.05) is 31.2 Å². The molecule has 1 unspecified atom stereocenters. The number of nitrogen functional groups attached to an aromatic ring is 1. The maximum Gasteiger partial charge on any atom is 0.248 e. The van der Waals surface area contributed by atoms with Crippen molar-refractivity contribution in [2.75, 3.05) is 12.8 Å². The van der Waals surface area contributed by atoms with Crippen molar-refractivity contribution in [1.29, 1.82) is 0 Å². The zero-order valence-electron chi connectivity index (χ0n) is 11.6. The largest absolute Gasteiger partial charge is 0.381 e. The van der Waals surface area contributed by atoms with E-state index in [4.69, 9.17) is 5.73 Å². The molecule has 0 radical (unpaired) electrons. The lowest BCUT2D eigenvalue weighted by Crippen LogP contribution is -2.36. The van der Waals surface area contributed by atoms with Crippen molar-refractivity contribution >= 4 is 27.2 Å². The average molecular weight is 314 g/mol. The molecular weight excluding hydrogens is 296 g/mol. The molecule has 0 saturated carbocycles. The molecule has 0 fully saturated rings. The van der Waals surface area contributed by atoms with E-state index in [1.165, 1.54) is 15.2 Å². The second-order valence-electron chi connectivity index (χ2n) is 4.71. The molecule has 0 aliphatic rings. The third-order valence-electron chi connectivity index (χ3n) is 3.18. The summed E-state index contributed by atoms with van der Waals surface area (Å²) < 4.78 is 27.8. The summed E-state index contributed by atoms with van der Waals surface area (Å²) in [7, 11) is -0.409. The number of aryl methyl sites for hydroxylation is 1.